The molecule has 31 heavy (non-hydrogen) atoms. The summed E-state index contributed by atoms with van der Waals surface area (Å²) < 4.78 is 15.9. The van der Waals surface area contributed by atoms with Crippen LogP contribution in [0.15, 0.2) is 40.5 Å². The van der Waals surface area contributed by atoms with Gasteiger partial charge >= 0.3 is 11.9 Å². The van der Waals surface area contributed by atoms with Crippen molar-refractivity contribution < 1.29 is 28.6 Å². The Morgan fingerprint density at radius 2 is 1.87 bits per heavy atom. The first-order chi connectivity index (χ1) is 14.8. The molecule has 0 saturated carbocycles. The molecule has 0 N–H and O–H groups in total. The normalized spacial score (nSPS) is 25.5. The second-order valence-corrected chi connectivity index (χ2v) is 7.87. The van der Waals surface area contributed by atoms with E-state index in [4.69, 9.17) is 14.2 Å². The van der Waals surface area contributed by atoms with Gasteiger partial charge in [-0.3, -0.25) is 19.4 Å². The van der Waals surface area contributed by atoms with Crippen LogP contribution in [0.4, 0.5) is 0 Å². The van der Waals surface area contributed by atoms with Crippen LogP contribution in [0, 0.1) is 17.8 Å². The van der Waals surface area contributed by atoms with Gasteiger partial charge in [0.1, 0.15) is 17.6 Å². The minimum Gasteiger partial charge on any atom is -0.494 e. The Balaban J connectivity index is 2.18. The van der Waals surface area contributed by atoms with Gasteiger partial charge in [0.25, 0.3) is 0 Å². The summed E-state index contributed by atoms with van der Waals surface area (Å²) in [6, 6.07) is 7.36. The maximum Gasteiger partial charge on any atom is 0.316 e. The van der Waals surface area contributed by atoms with Crippen LogP contribution >= 0.6 is 0 Å². The van der Waals surface area contributed by atoms with E-state index in [2.05, 4.69) is 4.99 Å². The number of ketones is 1. The van der Waals surface area contributed by atoms with Crippen LogP contribution in [0.3, 0.4) is 0 Å². The summed E-state index contributed by atoms with van der Waals surface area (Å²) in [5.74, 6) is -3.23. The summed E-state index contributed by atoms with van der Waals surface area (Å²) in [6.07, 6.45) is 0.454. The molecule has 0 unspecified atom stereocenters. The van der Waals surface area contributed by atoms with E-state index in [0.717, 1.165) is 5.56 Å². The largest absolute Gasteiger partial charge is 0.494 e. The van der Waals surface area contributed by atoms with E-state index in [1.165, 1.54) is 7.11 Å². The predicted octanol–water partition coefficient (Wildman–Crippen LogP) is 3.47. The van der Waals surface area contributed by atoms with Crippen molar-refractivity contribution in [3.63, 3.8) is 0 Å². The molecule has 0 spiro atoms. The minimum atomic E-state index is -0.919. The zero-order valence-electron chi connectivity index (χ0n) is 18.6. The number of carbonyl (C=O) groups excluding carboxylic acids is 3. The van der Waals surface area contributed by atoms with Crippen molar-refractivity contribution >= 4 is 23.4 Å². The molecule has 0 amide bonds. The van der Waals surface area contributed by atoms with Crippen LogP contribution in [-0.2, 0) is 23.9 Å². The fourth-order valence-electron chi connectivity index (χ4n) is 4.56. The van der Waals surface area contributed by atoms with Crippen molar-refractivity contribution in [2.75, 3.05) is 20.3 Å². The molecule has 1 aromatic carbocycles. The molecular formula is C24H29NO6. The number of hydrogen-bond donors (Lipinski definition) is 0. The number of benzene rings is 1. The molecule has 1 heterocycles. The Morgan fingerprint density at radius 3 is 2.52 bits per heavy atom. The maximum atomic E-state index is 13.6. The van der Waals surface area contributed by atoms with Crippen molar-refractivity contribution in [1.29, 1.82) is 0 Å². The molecule has 1 aliphatic heterocycles. The molecule has 0 aromatic heterocycles. The van der Waals surface area contributed by atoms with E-state index < -0.39 is 29.7 Å². The number of allylic oxidation sites excluding steroid dienone is 2. The molecule has 166 valence electrons. The summed E-state index contributed by atoms with van der Waals surface area (Å²) >= 11 is 0. The van der Waals surface area contributed by atoms with Crippen LogP contribution in [0.5, 0.6) is 5.75 Å². The smallest absolute Gasteiger partial charge is 0.316 e. The van der Waals surface area contributed by atoms with Gasteiger partial charge in [-0.25, -0.2) is 0 Å². The number of esters is 2. The van der Waals surface area contributed by atoms with Gasteiger partial charge in [-0.2, -0.15) is 0 Å². The molecule has 0 radical (unpaired) electrons. The van der Waals surface area contributed by atoms with Crippen molar-refractivity contribution in [3.8, 4) is 5.75 Å². The lowest BCUT2D eigenvalue weighted by atomic mass is 9.67. The summed E-state index contributed by atoms with van der Waals surface area (Å²) in [5, 5.41) is 0. The minimum absolute atomic E-state index is 0.218. The highest BCUT2D eigenvalue weighted by Crippen LogP contribution is 2.47. The van der Waals surface area contributed by atoms with Gasteiger partial charge in [-0.15, -0.1) is 0 Å². The Hall–Kier alpha value is -2.96. The monoisotopic (exact) mass is 427 g/mol. The zero-order valence-corrected chi connectivity index (χ0v) is 18.6. The predicted molar refractivity (Wildman–Crippen MR) is 115 cm³/mol. The van der Waals surface area contributed by atoms with Gasteiger partial charge in [-0.05, 0) is 50.8 Å². The standard InChI is InChI=1S/C24H29NO6/c1-6-30-16-10-8-9-15(12-16)20-19(24(28)31-7-2)14(4)25-17-11-13(3)18(23(27)29-5)22(26)21(17)20/h8-10,12-13,18-20H,6-7,11H2,1-5H3/t13-,18-,19-,20+/m0/s1. The Morgan fingerprint density at radius 1 is 1.13 bits per heavy atom. The van der Waals surface area contributed by atoms with Crippen molar-refractivity contribution in [2.24, 2.45) is 22.7 Å². The summed E-state index contributed by atoms with van der Waals surface area (Å²) in [7, 11) is 1.28. The van der Waals surface area contributed by atoms with Crippen LogP contribution in [0.2, 0.25) is 0 Å². The van der Waals surface area contributed by atoms with Gasteiger partial charge in [-0.1, -0.05) is 19.1 Å². The van der Waals surface area contributed by atoms with E-state index in [1.807, 2.05) is 38.1 Å². The second kappa shape index (κ2) is 9.45. The summed E-state index contributed by atoms with van der Waals surface area (Å²) in [4.78, 5) is 43.6. The first-order valence-electron chi connectivity index (χ1n) is 10.6. The van der Waals surface area contributed by atoms with Gasteiger partial charge in [0, 0.05) is 22.9 Å². The molecule has 0 fully saturated rings. The number of rotatable bonds is 6. The van der Waals surface area contributed by atoms with Crippen LogP contribution in [0.25, 0.3) is 0 Å². The topological polar surface area (TPSA) is 91.3 Å². The number of ether oxygens (including phenoxy) is 3. The fourth-order valence-corrected chi connectivity index (χ4v) is 4.56. The molecular weight excluding hydrogens is 398 g/mol. The number of hydrogen-bond acceptors (Lipinski definition) is 7. The third-order valence-corrected chi connectivity index (χ3v) is 5.87. The molecule has 7 heteroatoms. The lowest BCUT2D eigenvalue weighted by Crippen LogP contribution is -2.43. The highest BCUT2D eigenvalue weighted by Gasteiger charge is 2.49. The number of methoxy groups -OCH3 is 1. The third-order valence-electron chi connectivity index (χ3n) is 5.87. The van der Waals surface area contributed by atoms with E-state index in [9.17, 15) is 14.4 Å². The Labute approximate surface area is 182 Å². The highest BCUT2D eigenvalue weighted by molar-refractivity contribution is 6.14. The molecule has 4 atom stereocenters. The van der Waals surface area contributed by atoms with E-state index in [1.54, 1.807) is 13.8 Å². The summed E-state index contributed by atoms with van der Waals surface area (Å²) in [5.41, 5.74) is 2.37. The third kappa shape index (κ3) is 4.27. The second-order valence-electron chi connectivity index (χ2n) is 7.87. The first kappa shape index (κ1) is 22.7. The molecule has 1 aliphatic carbocycles. The van der Waals surface area contributed by atoms with Gasteiger partial charge in [0.15, 0.2) is 5.78 Å². The number of Topliss-reactive ketones (excluding diaryl/α,β-unsaturated/α-hetero) is 1. The lowest BCUT2D eigenvalue weighted by Gasteiger charge is -2.38. The Kier molecular flexibility index (Phi) is 6.93. The fraction of sp³-hybridized carbons (Fsp3) is 0.500. The van der Waals surface area contributed by atoms with E-state index in [0.29, 0.717) is 35.8 Å². The average molecular weight is 427 g/mol. The van der Waals surface area contributed by atoms with Crippen molar-refractivity contribution in [3.05, 3.63) is 41.1 Å². The molecule has 7 nitrogen and oxygen atoms in total. The van der Waals surface area contributed by atoms with Crippen LogP contribution in [-0.4, -0.2) is 43.8 Å². The van der Waals surface area contributed by atoms with Gasteiger partial charge in [0.05, 0.1) is 20.3 Å². The molecule has 2 aliphatic rings. The number of carbonyl (C=O) groups is 3. The number of aliphatic imine (C=N–C) groups is 1. The number of nitrogens with zero attached hydrogens (tertiary/aromatic N) is 1. The zero-order chi connectivity index (χ0) is 22.7. The van der Waals surface area contributed by atoms with Crippen LogP contribution < -0.4 is 4.74 Å². The summed E-state index contributed by atoms with van der Waals surface area (Å²) in [6.45, 7) is 7.96. The SMILES string of the molecule is CCOC(=O)[C@H]1C(C)=NC2=C(C(=O)[C@@H](C(=O)OC)[C@@H](C)C2)[C@@H]1c1cccc(OCC)c1. The molecule has 1 aromatic rings. The van der Waals surface area contributed by atoms with E-state index in [-0.39, 0.29) is 18.3 Å². The Bertz CT molecular complexity index is 947. The van der Waals surface area contributed by atoms with E-state index >= 15 is 0 Å². The first-order valence-corrected chi connectivity index (χ1v) is 10.6. The lowest BCUT2D eigenvalue weighted by molar-refractivity contribution is -0.151. The highest BCUT2D eigenvalue weighted by atomic mass is 16.5. The quantitative estimate of drug-likeness (QED) is 0.510. The van der Waals surface area contributed by atoms with Crippen molar-refractivity contribution in [2.45, 2.75) is 40.0 Å². The molecule has 3 rings (SSSR count). The van der Waals surface area contributed by atoms with Gasteiger partial charge in [0.2, 0.25) is 0 Å². The average Bonchev–Trinajstić information content (AvgIpc) is 2.73. The maximum absolute atomic E-state index is 13.6. The molecule has 0 bridgehead atoms. The molecule has 0 saturated heterocycles. The van der Waals surface area contributed by atoms with Crippen LogP contribution in [0.1, 0.15) is 45.6 Å². The van der Waals surface area contributed by atoms with Gasteiger partial charge < -0.3 is 14.2 Å². The van der Waals surface area contributed by atoms with Crippen molar-refractivity contribution in [1.82, 2.24) is 0 Å².